The van der Waals surface area contributed by atoms with Gasteiger partial charge in [-0.2, -0.15) is 5.10 Å². The van der Waals surface area contributed by atoms with E-state index in [1.807, 2.05) is 30.3 Å². The molecule has 2 aromatic heterocycles. The first-order chi connectivity index (χ1) is 14.4. The van der Waals surface area contributed by atoms with Gasteiger partial charge in [-0.1, -0.05) is 53.2 Å². The number of carbonyl (C=O) groups is 1. The second kappa shape index (κ2) is 8.51. The predicted molar refractivity (Wildman–Crippen MR) is 120 cm³/mol. The maximum absolute atomic E-state index is 12.6. The molecule has 7 nitrogen and oxygen atoms in total. The number of fused-ring (bicyclic) bond motifs is 1. The highest BCUT2D eigenvalue weighted by Crippen LogP contribution is 2.27. The molecule has 0 fully saturated rings. The second-order valence-corrected chi connectivity index (χ2v) is 8.55. The first-order valence-electron chi connectivity index (χ1n) is 8.88. The van der Waals surface area contributed by atoms with Crippen molar-refractivity contribution >= 4 is 57.6 Å². The molecule has 2 N–H and O–H groups in total. The largest absolute Gasteiger partial charge is 0.324 e. The van der Waals surface area contributed by atoms with Gasteiger partial charge in [0.1, 0.15) is 5.39 Å². The highest BCUT2D eigenvalue weighted by atomic mass is 35.5. The Morgan fingerprint density at radius 1 is 1.20 bits per heavy atom. The van der Waals surface area contributed by atoms with Crippen molar-refractivity contribution in [3.8, 4) is 5.69 Å². The van der Waals surface area contributed by atoms with Crippen LogP contribution in [0.1, 0.15) is 6.92 Å². The second-order valence-electron chi connectivity index (χ2n) is 6.37. The summed E-state index contributed by atoms with van der Waals surface area (Å²) >= 11 is 13.1. The molecular weight excluding hydrogens is 445 g/mol. The van der Waals surface area contributed by atoms with Gasteiger partial charge in [-0.15, -0.1) is 0 Å². The highest BCUT2D eigenvalue weighted by Gasteiger charge is 2.19. The summed E-state index contributed by atoms with van der Waals surface area (Å²) in [7, 11) is 0. The highest BCUT2D eigenvalue weighted by molar-refractivity contribution is 8.00. The average molecular weight is 460 g/mol. The Kier molecular flexibility index (Phi) is 5.80. The molecule has 4 aromatic rings. The van der Waals surface area contributed by atoms with Crippen LogP contribution in [0.25, 0.3) is 16.7 Å². The molecule has 0 saturated heterocycles. The summed E-state index contributed by atoms with van der Waals surface area (Å²) in [6.45, 7) is 1.71. The Labute approximate surface area is 185 Å². The predicted octanol–water partition coefficient (Wildman–Crippen LogP) is 4.53. The number of amides is 1. The van der Waals surface area contributed by atoms with Gasteiger partial charge in [-0.05, 0) is 37.3 Å². The zero-order valence-corrected chi connectivity index (χ0v) is 17.9. The van der Waals surface area contributed by atoms with Crippen LogP contribution in [-0.2, 0) is 4.79 Å². The molecule has 0 spiro atoms. The molecule has 0 aliphatic carbocycles. The van der Waals surface area contributed by atoms with E-state index < -0.39 is 5.25 Å². The lowest BCUT2D eigenvalue weighted by Crippen LogP contribution is -2.23. The van der Waals surface area contributed by atoms with Crippen molar-refractivity contribution in [2.45, 2.75) is 17.3 Å². The number of H-pyrrole nitrogens is 1. The van der Waals surface area contributed by atoms with E-state index >= 15 is 0 Å². The molecule has 2 heterocycles. The average Bonchev–Trinajstić information content (AvgIpc) is 3.15. The van der Waals surface area contributed by atoms with E-state index in [1.165, 1.54) is 6.20 Å². The zero-order chi connectivity index (χ0) is 21.3. The van der Waals surface area contributed by atoms with Gasteiger partial charge >= 0.3 is 0 Å². The molecule has 1 unspecified atom stereocenters. The minimum Gasteiger partial charge on any atom is -0.324 e. The first kappa shape index (κ1) is 20.5. The van der Waals surface area contributed by atoms with Crippen molar-refractivity contribution in [1.82, 2.24) is 19.7 Å². The molecule has 2 aromatic carbocycles. The normalized spacial score (nSPS) is 12.1. The lowest BCUT2D eigenvalue weighted by Gasteiger charge is -2.12. The maximum Gasteiger partial charge on any atom is 0.262 e. The van der Waals surface area contributed by atoms with Gasteiger partial charge in [0.25, 0.3) is 5.56 Å². The molecule has 10 heteroatoms. The summed E-state index contributed by atoms with van der Waals surface area (Å²) in [6, 6.07) is 14.2. The van der Waals surface area contributed by atoms with Crippen LogP contribution in [0.4, 0.5) is 5.69 Å². The zero-order valence-electron chi connectivity index (χ0n) is 15.6. The minimum absolute atomic E-state index is 0.288. The number of nitrogens with zero attached hydrogens (tertiary/aromatic N) is 3. The van der Waals surface area contributed by atoms with Gasteiger partial charge < -0.3 is 10.3 Å². The summed E-state index contributed by atoms with van der Waals surface area (Å²) in [5.41, 5.74) is 1.33. The number of benzene rings is 2. The van der Waals surface area contributed by atoms with Crippen LogP contribution in [0, 0.1) is 0 Å². The quantitative estimate of drug-likeness (QED) is 0.337. The number of hydrogen-bond donors (Lipinski definition) is 2. The van der Waals surface area contributed by atoms with Crippen molar-refractivity contribution in [2.75, 3.05) is 5.32 Å². The van der Waals surface area contributed by atoms with E-state index in [-0.39, 0.29) is 11.5 Å². The van der Waals surface area contributed by atoms with Crippen LogP contribution in [0.3, 0.4) is 0 Å². The fourth-order valence-electron chi connectivity index (χ4n) is 2.76. The van der Waals surface area contributed by atoms with Gasteiger partial charge in [0, 0.05) is 5.02 Å². The van der Waals surface area contributed by atoms with Crippen molar-refractivity contribution in [3.63, 3.8) is 0 Å². The number of aromatic amines is 1. The van der Waals surface area contributed by atoms with Crippen LogP contribution in [-0.4, -0.2) is 30.9 Å². The van der Waals surface area contributed by atoms with Crippen LogP contribution >= 0.6 is 35.0 Å². The number of para-hydroxylation sites is 1. The molecule has 30 heavy (non-hydrogen) atoms. The third-order valence-corrected chi connectivity index (χ3v) is 5.80. The summed E-state index contributed by atoms with van der Waals surface area (Å²) < 4.78 is 1.59. The summed E-state index contributed by atoms with van der Waals surface area (Å²) in [4.78, 5) is 32.3. The van der Waals surface area contributed by atoms with E-state index in [1.54, 1.807) is 29.8 Å². The maximum atomic E-state index is 12.6. The van der Waals surface area contributed by atoms with Crippen LogP contribution < -0.4 is 10.9 Å². The number of anilines is 1. The van der Waals surface area contributed by atoms with Crippen molar-refractivity contribution in [2.24, 2.45) is 0 Å². The number of hydrogen-bond acceptors (Lipinski definition) is 5. The van der Waals surface area contributed by atoms with Gasteiger partial charge in [0.15, 0.2) is 10.8 Å². The lowest BCUT2D eigenvalue weighted by molar-refractivity contribution is -0.115. The van der Waals surface area contributed by atoms with Crippen molar-refractivity contribution in [1.29, 1.82) is 0 Å². The topological polar surface area (TPSA) is 92.7 Å². The third-order valence-electron chi connectivity index (χ3n) is 4.26. The Morgan fingerprint density at radius 3 is 2.70 bits per heavy atom. The Hall–Kier alpha value is -2.81. The molecular formula is C20H15Cl2N5O2S. The van der Waals surface area contributed by atoms with Crippen LogP contribution in [0.5, 0.6) is 0 Å². The van der Waals surface area contributed by atoms with Gasteiger partial charge in [0.2, 0.25) is 5.91 Å². The number of rotatable bonds is 5. The van der Waals surface area contributed by atoms with Crippen molar-refractivity contribution in [3.05, 3.63) is 75.1 Å². The Morgan fingerprint density at radius 2 is 1.97 bits per heavy atom. The Bertz CT molecular complexity index is 1290. The first-order valence-corrected chi connectivity index (χ1v) is 10.5. The summed E-state index contributed by atoms with van der Waals surface area (Å²) in [5.74, 6) is -0.288. The molecule has 0 saturated carbocycles. The number of carbonyl (C=O) groups excluding carboxylic acids is 1. The SMILES string of the molecule is CC(Sc1nc2c(cnn2-c2ccccc2)c(=O)[nH]1)C(=O)Nc1ccc(Cl)cc1Cl. The molecule has 152 valence electrons. The summed E-state index contributed by atoms with van der Waals surface area (Å²) in [5, 5.41) is 7.98. The molecule has 0 bridgehead atoms. The molecule has 0 radical (unpaired) electrons. The van der Waals surface area contributed by atoms with Gasteiger partial charge in [-0.25, -0.2) is 9.67 Å². The Balaban J connectivity index is 1.58. The van der Waals surface area contributed by atoms with Gasteiger partial charge in [-0.3, -0.25) is 9.59 Å². The van der Waals surface area contributed by atoms with E-state index in [9.17, 15) is 9.59 Å². The van der Waals surface area contributed by atoms with E-state index in [0.717, 1.165) is 17.4 Å². The molecule has 1 atom stereocenters. The molecule has 0 aliphatic rings. The fourth-order valence-corrected chi connectivity index (χ4v) is 4.01. The van der Waals surface area contributed by atoms with E-state index in [2.05, 4.69) is 20.4 Å². The third kappa shape index (κ3) is 4.21. The molecule has 1 amide bonds. The molecule has 0 aliphatic heterocycles. The standard InChI is InChI=1S/C20H15Cl2N5O2S/c1-11(18(28)24-16-8-7-12(21)9-15(16)22)30-20-25-17-14(19(29)26-20)10-23-27(17)13-5-3-2-4-6-13/h2-11H,1H3,(H,24,28)(H,25,26,29). The smallest absolute Gasteiger partial charge is 0.262 e. The van der Waals surface area contributed by atoms with Crippen molar-refractivity contribution < 1.29 is 4.79 Å². The van der Waals surface area contributed by atoms with Crippen LogP contribution in [0.15, 0.2) is 64.7 Å². The lowest BCUT2D eigenvalue weighted by atomic mass is 10.3. The minimum atomic E-state index is -0.551. The van der Waals surface area contributed by atoms with Crippen LogP contribution in [0.2, 0.25) is 10.0 Å². The van der Waals surface area contributed by atoms with Gasteiger partial charge in [0.05, 0.1) is 27.8 Å². The molecule has 4 rings (SSSR count). The number of halogens is 2. The van der Waals surface area contributed by atoms with E-state index in [4.69, 9.17) is 23.2 Å². The summed E-state index contributed by atoms with van der Waals surface area (Å²) in [6.07, 6.45) is 1.47. The number of aromatic nitrogens is 4. The number of nitrogens with one attached hydrogen (secondary N) is 2. The fraction of sp³-hybridized carbons (Fsp3) is 0.100. The number of thioether (sulfide) groups is 1. The monoisotopic (exact) mass is 459 g/mol. The van der Waals surface area contributed by atoms with E-state index in [0.29, 0.717) is 31.9 Å².